The van der Waals surface area contributed by atoms with Gasteiger partial charge in [0.2, 0.25) is 11.8 Å². The molecule has 0 radical (unpaired) electrons. The second-order valence-corrected chi connectivity index (χ2v) is 4.92. The average Bonchev–Trinajstić information content (AvgIpc) is 2.38. The molecule has 0 aliphatic rings. The van der Waals surface area contributed by atoms with Crippen molar-refractivity contribution >= 4 is 29.3 Å². The van der Waals surface area contributed by atoms with Gasteiger partial charge in [-0.25, -0.2) is 0 Å². The Hall–Kier alpha value is -1.53. The molecular formula is C13H19N3O2S. The summed E-state index contributed by atoms with van der Waals surface area (Å²) in [6, 6.07) is 7.37. The molecule has 19 heavy (non-hydrogen) atoms. The quantitative estimate of drug-likeness (QED) is 0.494. The molecule has 0 aliphatic carbocycles. The summed E-state index contributed by atoms with van der Waals surface area (Å²) in [6.45, 7) is 3.49. The third-order valence-corrected chi connectivity index (χ3v) is 3.41. The number of nitrogens with two attached hydrogens (primary N) is 1. The van der Waals surface area contributed by atoms with Crippen LogP contribution in [0.4, 0.5) is 5.69 Å². The first-order valence-electron chi connectivity index (χ1n) is 6.14. The Labute approximate surface area is 117 Å². The van der Waals surface area contributed by atoms with Gasteiger partial charge >= 0.3 is 0 Å². The van der Waals surface area contributed by atoms with Gasteiger partial charge in [-0.1, -0.05) is 19.1 Å². The molecule has 0 unspecified atom stereocenters. The molecule has 0 aliphatic heterocycles. The van der Waals surface area contributed by atoms with E-state index in [-0.39, 0.29) is 17.6 Å². The van der Waals surface area contributed by atoms with E-state index in [0.717, 1.165) is 17.1 Å². The lowest BCUT2D eigenvalue weighted by Gasteiger charge is -2.10. The normalized spacial score (nSPS) is 10.2. The molecule has 0 saturated carbocycles. The molecule has 2 amide bonds. The summed E-state index contributed by atoms with van der Waals surface area (Å²) in [6.07, 6.45) is 0.419. The number of hydrogen-bond acceptors (Lipinski definition) is 4. The highest BCUT2D eigenvalue weighted by atomic mass is 32.2. The second kappa shape index (κ2) is 8.55. The van der Waals surface area contributed by atoms with Crippen molar-refractivity contribution in [2.24, 2.45) is 5.73 Å². The summed E-state index contributed by atoms with van der Waals surface area (Å²) in [5.74, 6) is -0.226. The summed E-state index contributed by atoms with van der Waals surface area (Å²) in [5, 5.41) is 5.93. The number of rotatable bonds is 8. The molecule has 0 spiro atoms. The highest BCUT2D eigenvalue weighted by Gasteiger charge is 2.07. The van der Waals surface area contributed by atoms with E-state index in [0.29, 0.717) is 13.0 Å². The van der Waals surface area contributed by atoms with Gasteiger partial charge in [-0.15, -0.1) is 11.8 Å². The molecule has 1 rings (SSSR count). The Morgan fingerprint density at radius 3 is 2.74 bits per heavy atom. The lowest BCUT2D eigenvalue weighted by atomic mass is 10.3. The highest BCUT2D eigenvalue weighted by molar-refractivity contribution is 8.00. The SMILES string of the molecule is CCNCCC(=O)Nc1ccccc1SCC(N)=O. The second-order valence-electron chi connectivity index (χ2n) is 3.90. The maximum Gasteiger partial charge on any atom is 0.227 e. The van der Waals surface area contributed by atoms with E-state index in [4.69, 9.17) is 5.73 Å². The Morgan fingerprint density at radius 1 is 1.32 bits per heavy atom. The average molecular weight is 281 g/mol. The van der Waals surface area contributed by atoms with Gasteiger partial charge in [0.25, 0.3) is 0 Å². The zero-order chi connectivity index (χ0) is 14.1. The van der Waals surface area contributed by atoms with Crippen LogP contribution in [-0.4, -0.2) is 30.7 Å². The Kier molecular flexibility index (Phi) is 6.99. The number of para-hydroxylation sites is 1. The molecule has 0 heterocycles. The Balaban J connectivity index is 2.56. The van der Waals surface area contributed by atoms with Crippen LogP contribution in [0.15, 0.2) is 29.2 Å². The Bertz CT molecular complexity index is 438. The number of carbonyl (C=O) groups is 2. The van der Waals surface area contributed by atoms with Crippen molar-refractivity contribution in [3.05, 3.63) is 24.3 Å². The number of primary amides is 1. The molecule has 0 atom stereocenters. The minimum atomic E-state index is -0.377. The fraction of sp³-hybridized carbons (Fsp3) is 0.385. The molecule has 6 heteroatoms. The van der Waals surface area contributed by atoms with E-state index in [9.17, 15) is 9.59 Å². The molecule has 104 valence electrons. The smallest absolute Gasteiger partial charge is 0.227 e. The summed E-state index contributed by atoms with van der Waals surface area (Å²) in [7, 11) is 0. The minimum absolute atomic E-state index is 0.0481. The zero-order valence-corrected chi connectivity index (χ0v) is 11.8. The topological polar surface area (TPSA) is 84.2 Å². The molecule has 0 aromatic heterocycles. The minimum Gasteiger partial charge on any atom is -0.369 e. The number of nitrogens with one attached hydrogen (secondary N) is 2. The maximum atomic E-state index is 11.7. The van der Waals surface area contributed by atoms with Crippen LogP contribution in [0.3, 0.4) is 0 Å². The maximum absolute atomic E-state index is 11.7. The van der Waals surface area contributed by atoms with E-state index in [1.165, 1.54) is 11.8 Å². The van der Waals surface area contributed by atoms with Crippen molar-refractivity contribution in [1.29, 1.82) is 0 Å². The monoisotopic (exact) mass is 281 g/mol. The number of benzene rings is 1. The first-order chi connectivity index (χ1) is 9.13. The van der Waals surface area contributed by atoms with Crippen LogP contribution in [-0.2, 0) is 9.59 Å². The molecule has 1 aromatic rings. The van der Waals surface area contributed by atoms with E-state index < -0.39 is 0 Å². The van der Waals surface area contributed by atoms with Crippen molar-refractivity contribution < 1.29 is 9.59 Å². The number of hydrogen-bond donors (Lipinski definition) is 3. The fourth-order valence-electron chi connectivity index (χ4n) is 1.44. The first-order valence-corrected chi connectivity index (χ1v) is 7.12. The van der Waals surface area contributed by atoms with Gasteiger partial charge in [0.15, 0.2) is 0 Å². The van der Waals surface area contributed by atoms with Crippen LogP contribution >= 0.6 is 11.8 Å². The van der Waals surface area contributed by atoms with Crippen molar-refractivity contribution in [2.75, 3.05) is 24.2 Å². The summed E-state index contributed by atoms with van der Waals surface area (Å²) >= 11 is 1.32. The molecule has 5 nitrogen and oxygen atoms in total. The number of carbonyl (C=O) groups excluding carboxylic acids is 2. The van der Waals surface area contributed by atoms with Gasteiger partial charge in [-0.2, -0.15) is 0 Å². The van der Waals surface area contributed by atoms with Crippen LogP contribution in [0.5, 0.6) is 0 Å². The standard InChI is InChI=1S/C13H19N3O2S/c1-2-15-8-7-13(18)16-10-5-3-4-6-11(10)19-9-12(14)17/h3-6,15H,2,7-9H2,1H3,(H2,14,17)(H,16,18). The van der Waals surface area contributed by atoms with Gasteiger partial charge in [0.1, 0.15) is 0 Å². The van der Waals surface area contributed by atoms with E-state index in [2.05, 4.69) is 10.6 Å². The number of anilines is 1. The van der Waals surface area contributed by atoms with E-state index in [1.807, 2.05) is 31.2 Å². The summed E-state index contributed by atoms with van der Waals surface area (Å²) in [5.41, 5.74) is 5.84. The van der Waals surface area contributed by atoms with E-state index >= 15 is 0 Å². The molecule has 4 N–H and O–H groups in total. The van der Waals surface area contributed by atoms with Crippen LogP contribution in [0.25, 0.3) is 0 Å². The van der Waals surface area contributed by atoms with E-state index in [1.54, 1.807) is 0 Å². The molecule has 1 aromatic carbocycles. The van der Waals surface area contributed by atoms with Gasteiger partial charge < -0.3 is 16.4 Å². The number of thioether (sulfide) groups is 1. The van der Waals surface area contributed by atoms with Crippen LogP contribution < -0.4 is 16.4 Å². The lowest BCUT2D eigenvalue weighted by molar-refractivity contribution is -0.116. The van der Waals surface area contributed by atoms with Crippen LogP contribution in [0.1, 0.15) is 13.3 Å². The van der Waals surface area contributed by atoms with Gasteiger partial charge in [0.05, 0.1) is 11.4 Å². The van der Waals surface area contributed by atoms with Crippen molar-refractivity contribution in [2.45, 2.75) is 18.2 Å². The molecule has 0 fully saturated rings. The molecule has 0 saturated heterocycles. The third kappa shape index (κ3) is 6.26. The van der Waals surface area contributed by atoms with Gasteiger partial charge in [0, 0.05) is 17.9 Å². The lowest BCUT2D eigenvalue weighted by Crippen LogP contribution is -2.21. The van der Waals surface area contributed by atoms with Gasteiger partial charge in [-0.05, 0) is 18.7 Å². The van der Waals surface area contributed by atoms with Crippen molar-refractivity contribution in [1.82, 2.24) is 5.32 Å². The van der Waals surface area contributed by atoms with Crippen molar-refractivity contribution in [3.8, 4) is 0 Å². The van der Waals surface area contributed by atoms with Crippen molar-refractivity contribution in [3.63, 3.8) is 0 Å². The predicted octanol–water partition coefficient (Wildman–Crippen LogP) is 1.20. The Morgan fingerprint density at radius 2 is 2.05 bits per heavy atom. The number of amides is 2. The fourth-order valence-corrected chi connectivity index (χ4v) is 2.18. The molecular weight excluding hydrogens is 262 g/mol. The van der Waals surface area contributed by atoms with Crippen LogP contribution in [0, 0.1) is 0 Å². The summed E-state index contributed by atoms with van der Waals surface area (Å²) < 4.78 is 0. The largest absolute Gasteiger partial charge is 0.369 e. The van der Waals surface area contributed by atoms with Gasteiger partial charge in [-0.3, -0.25) is 9.59 Å². The summed E-state index contributed by atoms with van der Waals surface area (Å²) in [4.78, 5) is 23.4. The third-order valence-electron chi connectivity index (χ3n) is 2.31. The predicted molar refractivity (Wildman–Crippen MR) is 78.2 cm³/mol. The zero-order valence-electron chi connectivity index (χ0n) is 10.9. The highest BCUT2D eigenvalue weighted by Crippen LogP contribution is 2.26. The molecule has 0 bridgehead atoms. The van der Waals surface area contributed by atoms with Crippen LogP contribution in [0.2, 0.25) is 0 Å². The first kappa shape index (κ1) is 15.5.